The minimum Gasteiger partial charge on any atom is -0.478 e. The van der Waals surface area contributed by atoms with Crippen molar-refractivity contribution in [3.8, 4) is 5.75 Å². The second-order valence-electron chi connectivity index (χ2n) is 5.59. The lowest BCUT2D eigenvalue weighted by Crippen LogP contribution is -2.29. The van der Waals surface area contributed by atoms with Crippen LogP contribution in [0.2, 0.25) is 10.0 Å². The molecule has 0 aromatic heterocycles. The second-order valence-corrected chi connectivity index (χ2v) is 6.40. The standard InChI is InChI=1S/C18H18Cl2O3/c1-11(2)13-5-3-4-6-16(13)23-17(18(21)22)10-12-7-8-14(19)15(20)9-12/h3-9,11,17H,10H2,1-2H3,(H,21,22). The van der Waals surface area contributed by atoms with Gasteiger partial charge in [0.25, 0.3) is 0 Å². The van der Waals surface area contributed by atoms with Gasteiger partial charge in [0.05, 0.1) is 10.0 Å². The highest BCUT2D eigenvalue weighted by Crippen LogP contribution is 2.28. The van der Waals surface area contributed by atoms with Crippen molar-refractivity contribution >= 4 is 29.2 Å². The lowest BCUT2D eigenvalue weighted by molar-refractivity contribution is -0.145. The number of hydrogen-bond donors (Lipinski definition) is 1. The van der Waals surface area contributed by atoms with Crippen molar-refractivity contribution in [2.24, 2.45) is 0 Å². The summed E-state index contributed by atoms with van der Waals surface area (Å²) in [5.41, 5.74) is 1.74. The first kappa shape index (κ1) is 17.6. The van der Waals surface area contributed by atoms with Crippen molar-refractivity contribution in [2.45, 2.75) is 32.3 Å². The van der Waals surface area contributed by atoms with Gasteiger partial charge in [0.15, 0.2) is 6.10 Å². The quantitative estimate of drug-likeness (QED) is 0.777. The Hall–Kier alpha value is -1.71. The van der Waals surface area contributed by atoms with E-state index in [9.17, 15) is 9.90 Å². The molecular weight excluding hydrogens is 335 g/mol. The van der Waals surface area contributed by atoms with E-state index in [2.05, 4.69) is 0 Å². The van der Waals surface area contributed by atoms with Gasteiger partial charge in [0.1, 0.15) is 5.75 Å². The average Bonchev–Trinajstić information content (AvgIpc) is 2.50. The van der Waals surface area contributed by atoms with Gasteiger partial charge in [-0.05, 0) is 35.2 Å². The molecule has 23 heavy (non-hydrogen) atoms. The fourth-order valence-corrected chi connectivity index (χ4v) is 2.60. The van der Waals surface area contributed by atoms with Crippen LogP contribution in [0, 0.1) is 0 Å². The number of aliphatic carboxylic acids is 1. The number of benzene rings is 2. The molecular formula is C18H18Cl2O3. The molecule has 0 saturated heterocycles. The van der Waals surface area contributed by atoms with E-state index in [4.69, 9.17) is 27.9 Å². The number of para-hydroxylation sites is 1. The molecule has 5 heteroatoms. The van der Waals surface area contributed by atoms with Crippen LogP contribution in [-0.4, -0.2) is 17.2 Å². The van der Waals surface area contributed by atoms with E-state index in [0.717, 1.165) is 11.1 Å². The maximum atomic E-state index is 11.6. The topological polar surface area (TPSA) is 46.5 Å². The highest BCUT2D eigenvalue weighted by molar-refractivity contribution is 6.42. The molecule has 0 spiro atoms. The zero-order chi connectivity index (χ0) is 17.0. The summed E-state index contributed by atoms with van der Waals surface area (Å²) in [4.78, 5) is 11.6. The molecule has 3 nitrogen and oxygen atoms in total. The van der Waals surface area contributed by atoms with Crippen LogP contribution in [0.1, 0.15) is 30.9 Å². The molecule has 0 aliphatic rings. The summed E-state index contributed by atoms with van der Waals surface area (Å²) in [6.07, 6.45) is -0.786. The van der Waals surface area contributed by atoms with Crippen molar-refractivity contribution in [3.05, 3.63) is 63.6 Å². The van der Waals surface area contributed by atoms with E-state index >= 15 is 0 Å². The smallest absolute Gasteiger partial charge is 0.345 e. The predicted molar refractivity (Wildman–Crippen MR) is 92.7 cm³/mol. The maximum absolute atomic E-state index is 11.6. The molecule has 0 heterocycles. The van der Waals surface area contributed by atoms with Crippen LogP contribution in [0.4, 0.5) is 0 Å². The van der Waals surface area contributed by atoms with Crippen molar-refractivity contribution < 1.29 is 14.6 Å². The summed E-state index contributed by atoms with van der Waals surface area (Å²) >= 11 is 11.9. The first-order valence-electron chi connectivity index (χ1n) is 7.30. The first-order valence-corrected chi connectivity index (χ1v) is 8.06. The van der Waals surface area contributed by atoms with Gasteiger partial charge in [-0.15, -0.1) is 0 Å². The summed E-state index contributed by atoms with van der Waals surface area (Å²) in [6.45, 7) is 4.08. The van der Waals surface area contributed by atoms with Crippen LogP contribution in [-0.2, 0) is 11.2 Å². The third-order valence-electron chi connectivity index (χ3n) is 3.49. The molecule has 2 aromatic carbocycles. The zero-order valence-corrected chi connectivity index (χ0v) is 14.4. The summed E-state index contributed by atoms with van der Waals surface area (Å²) in [5, 5.41) is 10.3. The number of halogens is 2. The summed E-state index contributed by atoms with van der Waals surface area (Å²) in [5.74, 6) is -0.185. The molecule has 122 valence electrons. The number of carboxylic acid groups (broad SMARTS) is 1. The van der Waals surface area contributed by atoms with E-state index in [0.29, 0.717) is 15.8 Å². The number of rotatable bonds is 6. The first-order chi connectivity index (χ1) is 10.9. The van der Waals surface area contributed by atoms with E-state index in [1.165, 1.54) is 0 Å². The fourth-order valence-electron chi connectivity index (χ4n) is 2.28. The molecule has 1 N–H and O–H groups in total. The predicted octanol–water partition coefficient (Wildman–Crippen LogP) is 5.19. The molecule has 0 saturated carbocycles. The normalized spacial score (nSPS) is 12.2. The van der Waals surface area contributed by atoms with Crippen LogP contribution in [0.3, 0.4) is 0 Å². The molecule has 0 radical (unpaired) electrons. The second kappa shape index (κ2) is 7.71. The largest absolute Gasteiger partial charge is 0.478 e. The third kappa shape index (κ3) is 4.63. The van der Waals surface area contributed by atoms with E-state index < -0.39 is 12.1 Å². The van der Waals surface area contributed by atoms with E-state index in [-0.39, 0.29) is 12.3 Å². The lowest BCUT2D eigenvalue weighted by Gasteiger charge is -2.19. The van der Waals surface area contributed by atoms with Gasteiger partial charge in [-0.3, -0.25) is 0 Å². The van der Waals surface area contributed by atoms with Crippen molar-refractivity contribution in [2.75, 3.05) is 0 Å². The average molecular weight is 353 g/mol. The van der Waals surface area contributed by atoms with Gasteiger partial charge in [-0.1, -0.05) is 61.3 Å². The zero-order valence-electron chi connectivity index (χ0n) is 12.9. The molecule has 1 unspecified atom stereocenters. The van der Waals surface area contributed by atoms with Gasteiger partial charge >= 0.3 is 5.97 Å². The number of hydrogen-bond acceptors (Lipinski definition) is 2. The van der Waals surface area contributed by atoms with E-state index in [1.54, 1.807) is 24.3 Å². The highest BCUT2D eigenvalue weighted by atomic mass is 35.5. The Bertz CT molecular complexity index is 698. The maximum Gasteiger partial charge on any atom is 0.345 e. The van der Waals surface area contributed by atoms with Crippen LogP contribution in [0.15, 0.2) is 42.5 Å². The Morgan fingerprint density at radius 1 is 1.13 bits per heavy atom. The molecule has 2 aromatic rings. The Morgan fingerprint density at radius 2 is 1.83 bits per heavy atom. The minimum absolute atomic E-state index is 0.207. The fraction of sp³-hybridized carbons (Fsp3) is 0.278. The van der Waals surface area contributed by atoms with Gasteiger partial charge in [0, 0.05) is 6.42 Å². The number of ether oxygens (including phenoxy) is 1. The van der Waals surface area contributed by atoms with Crippen molar-refractivity contribution in [1.82, 2.24) is 0 Å². The molecule has 0 bridgehead atoms. The monoisotopic (exact) mass is 352 g/mol. The molecule has 0 fully saturated rings. The van der Waals surface area contributed by atoms with Gasteiger partial charge in [0.2, 0.25) is 0 Å². The van der Waals surface area contributed by atoms with Gasteiger partial charge in [-0.25, -0.2) is 4.79 Å². The van der Waals surface area contributed by atoms with E-state index in [1.807, 2.05) is 32.0 Å². The summed E-state index contributed by atoms with van der Waals surface area (Å²) in [7, 11) is 0. The highest BCUT2D eigenvalue weighted by Gasteiger charge is 2.22. The number of carboxylic acids is 1. The molecule has 0 aliphatic heterocycles. The Labute approximate surface area is 145 Å². The van der Waals surface area contributed by atoms with Gasteiger partial charge < -0.3 is 9.84 Å². The van der Waals surface area contributed by atoms with Crippen LogP contribution in [0.5, 0.6) is 5.75 Å². The van der Waals surface area contributed by atoms with Crippen molar-refractivity contribution in [1.29, 1.82) is 0 Å². The van der Waals surface area contributed by atoms with Crippen LogP contribution >= 0.6 is 23.2 Å². The third-order valence-corrected chi connectivity index (χ3v) is 4.23. The SMILES string of the molecule is CC(C)c1ccccc1OC(Cc1ccc(Cl)c(Cl)c1)C(=O)O. The Kier molecular flexibility index (Phi) is 5.91. The summed E-state index contributed by atoms with van der Waals surface area (Å²) < 4.78 is 5.77. The van der Waals surface area contributed by atoms with Gasteiger partial charge in [-0.2, -0.15) is 0 Å². The Morgan fingerprint density at radius 3 is 2.43 bits per heavy atom. The van der Waals surface area contributed by atoms with Crippen LogP contribution < -0.4 is 4.74 Å². The molecule has 2 rings (SSSR count). The lowest BCUT2D eigenvalue weighted by atomic mass is 10.0. The Balaban J connectivity index is 2.23. The molecule has 0 amide bonds. The summed E-state index contributed by atoms with van der Waals surface area (Å²) in [6, 6.07) is 12.5. The molecule has 1 atom stereocenters. The molecule has 0 aliphatic carbocycles. The number of carbonyl (C=O) groups is 1. The van der Waals surface area contributed by atoms with Crippen molar-refractivity contribution in [3.63, 3.8) is 0 Å². The minimum atomic E-state index is -1.02. The van der Waals surface area contributed by atoms with Crippen LogP contribution in [0.25, 0.3) is 0 Å².